The van der Waals surface area contributed by atoms with Crippen molar-refractivity contribution < 1.29 is 4.74 Å². The summed E-state index contributed by atoms with van der Waals surface area (Å²) in [5, 5.41) is 3.06. The average molecular weight is 176 g/mol. The van der Waals surface area contributed by atoms with E-state index in [4.69, 9.17) is 4.74 Å². The maximum Gasteiger partial charge on any atom is 0.0725 e. The standard InChI is InChI=1S/C10H12N2O/c1-11-10-4-9(5-12-6-10)8-2-3-13-7-8/h2,4-6,11H,3,7H2,1H3. The van der Waals surface area contributed by atoms with Gasteiger partial charge in [-0.2, -0.15) is 0 Å². The Labute approximate surface area is 77.4 Å². The zero-order valence-electron chi connectivity index (χ0n) is 7.58. The van der Waals surface area contributed by atoms with Gasteiger partial charge in [0.1, 0.15) is 0 Å². The number of hydrogen-bond acceptors (Lipinski definition) is 3. The summed E-state index contributed by atoms with van der Waals surface area (Å²) in [5.41, 5.74) is 3.40. The lowest BCUT2D eigenvalue weighted by atomic mass is 10.1. The minimum absolute atomic E-state index is 0.703. The quantitative estimate of drug-likeness (QED) is 0.742. The molecule has 0 amide bonds. The molecular formula is C10H12N2O. The Hall–Kier alpha value is -1.35. The van der Waals surface area contributed by atoms with Gasteiger partial charge in [0.05, 0.1) is 18.9 Å². The van der Waals surface area contributed by atoms with Crippen LogP contribution in [0.4, 0.5) is 5.69 Å². The highest BCUT2D eigenvalue weighted by Gasteiger charge is 2.07. The highest BCUT2D eigenvalue weighted by molar-refractivity contribution is 5.69. The van der Waals surface area contributed by atoms with Gasteiger partial charge in [-0.25, -0.2) is 0 Å². The van der Waals surface area contributed by atoms with Crippen LogP contribution < -0.4 is 5.32 Å². The molecule has 0 saturated carbocycles. The van der Waals surface area contributed by atoms with Crippen molar-refractivity contribution >= 4 is 11.3 Å². The molecule has 0 aromatic carbocycles. The molecule has 1 aliphatic rings. The number of hydrogen-bond donors (Lipinski definition) is 1. The van der Waals surface area contributed by atoms with E-state index in [1.54, 1.807) is 6.20 Å². The number of pyridine rings is 1. The first kappa shape index (κ1) is 8.26. The van der Waals surface area contributed by atoms with Crippen LogP contribution in [0.2, 0.25) is 0 Å². The van der Waals surface area contributed by atoms with Gasteiger partial charge < -0.3 is 10.1 Å². The van der Waals surface area contributed by atoms with Crippen LogP contribution in [0.25, 0.3) is 5.57 Å². The molecule has 3 heteroatoms. The summed E-state index contributed by atoms with van der Waals surface area (Å²) in [5.74, 6) is 0. The normalized spacial score (nSPS) is 15.6. The van der Waals surface area contributed by atoms with Gasteiger partial charge in [-0.15, -0.1) is 0 Å². The minimum atomic E-state index is 0.703. The molecule has 0 unspecified atom stereocenters. The van der Waals surface area contributed by atoms with Crippen LogP contribution in [0, 0.1) is 0 Å². The first-order valence-electron chi connectivity index (χ1n) is 4.30. The van der Waals surface area contributed by atoms with E-state index in [1.807, 2.05) is 13.2 Å². The van der Waals surface area contributed by atoms with Crippen LogP contribution in [0.3, 0.4) is 0 Å². The molecule has 2 rings (SSSR count). The first-order chi connectivity index (χ1) is 6.40. The summed E-state index contributed by atoms with van der Waals surface area (Å²) < 4.78 is 5.24. The first-order valence-corrected chi connectivity index (χ1v) is 4.30. The largest absolute Gasteiger partial charge is 0.387 e. The molecule has 1 aromatic rings. The fraction of sp³-hybridized carbons (Fsp3) is 0.300. The van der Waals surface area contributed by atoms with E-state index in [1.165, 1.54) is 5.57 Å². The van der Waals surface area contributed by atoms with Crippen LogP contribution in [0.5, 0.6) is 0 Å². The third kappa shape index (κ3) is 1.70. The number of anilines is 1. The topological polar surface area (TPSA) is 34.2 Å². The third-order valence-corrected chi connectivity index (χ3v) is 2.10. The molecular weight excluding hydrogens is 164 g/mol. The SMILES string of the molecule is CNc1cncc(C2=CCOC2)c1. The maximum absolute atomic E-state index is 5.24. The van der Waals surface area contributed by atoms with Gasteiger partial charge in [0, 0.05) is 25.0 Å². The summed E-state index contributed by atoms with van der Waals surface area (Å²) in [6.07, 6.45) is 5.76. The van der Waals surface area contributed by atoms with Crippen molar-refractivity contribution in [1.82, 2.24) is 4.98 Å². The zero-order chi connectivity index (χ0) is 9.10. The van der Waals surface area contributed by atoms with Crippen molar-refractivity contribution in [3.8, 4) is 0 Å². The predicted molar refractivity (Wildman–Crippen MR) is 52.6 cm³/mol. The van der Waals surface area contributed by atoms with Crippen molar-refractivity contribution in [3.63, 3.8) is 0 Å². The third-order valence-electron chi connectivity index (χ3n) is 2.10. The van der Waals surface area contributed by atoms with E-state index in [9.17, 15) is 0 Å². The van der Waals surface area contributed by atoms with Crippen molar-refractivity contribution in [2.75, 3.05) is 25.6 Å². The van der Waals surface area contributed by atoms with Crippen LogP contribution in [-0.4, -0.2) is 25.2 Å². The number of ether oxygens (including phenoxy) is 1. The summed E-state index contributed by atoms with van der Waals surface area (Å²) >= 11 is 0. The fourth-order valence-corrected chi connectivity index (χ4v) is 1.34. The van der Waals surface area contributed by atoms with Crippen molar-refractivity contribution in [1.29, 1.82) is 0 Å². The molecule has 13 heavy (non-hydrogen) atoms. The predicted octanol–water partition coefficient (Wildman–Crippen LogP) is 1.54. The van der Waals surface area contributed by atoms with E-state index in [-0.39, 0.29) is 0 Å². The summed E-state index contributed by atoms with van der Waals surface area (Å²) in [6, 6.07) is 2.08. The van der Waals surface area contributed by atoms with Crippen LogP contribution in [0.15, 0.2) is 24.5 Å². The zero-order valence-corrected chi connectivity index (χ0v) is 7.58. The number of rotatable bonds is 2. The Morgan fingerprint density at radius 2 is 2.38 bits per heavy atom. The van der Waals surface area contributed by atoms with Crippen molar-refractivity contribution in [2.24, 2.45) is 0 Å². The van der Waals surface area contributed by atoms with Gasteiger partial charge in [-0.05, 0) is 11.6 Å². The minimum Gasteiger partial charge on any atom is -0.387 e. The molecule has 0 aliphatic carbocycles. The Balaban J connectivity index is 2.29. The number of nitrogens with zero attached hydrogens (tertiary/aromatic N) is 1. The van der Waals surface area contributed by atoms with Gasteiger partial charge in [0.25, 0.3) is 0 Å². The number of aromatic nitrogens is 1. The summed E-state index contributed by atoms with van der Waals surface area (Å²) in [6.45, 7) is 1.42. The smallest absolute Gasteiger partial charge is 0.0725 e. The Bertz CT molecular complexity index is 333. The highest BCUT2D eigenvalue weighted by Crippen LogP contribution is 2.20. The van der Waals surface area contributed by atoms with Crippen LogP contribution in [0.1, 0.15) is 5.56 Å². The highest BCUT2D eigenvalue weighted by atomic mass is 16.5. The molecule has 0 bridgehead atoms. The van der Waals surface area contributed by atoms with Crippen LogP contribution >= 0.6 is 0 Å². The van der Waals surface area contributed by atoms with Gasteiger partial charge >= 0.3 is 0 Å². The molecule has 0 atom stereocenters. The lowest BCUT2D eigenvalue weighted by Crippen LogP contribution is -1.93. The van der Waals surface area contributed by atoms with E-state index in [0.717, 1.165) is 17.9 Å². The summed E-state index contributed by atoms with van der Waals surface area (Å²) in [7, 11) is 1.89. The Kier molecular flexibility index (Phi) is 2.27. The van der Waals surface area contributed by atoms with Crippen molar-refractivity contribution in [3.05, 3.63) is 30.1 Å². The second kappa shape index (κ2) is 3.58. The Morgan fingerprint density at radius 3 is 3.08 bits per heavy atom. The van der Waals surface area contributed by atoms with E-state index in [0.29, 0.717) is 6.61 Å². The molecule has 0 spiro atoms. The molecule has 2 heterocycles. The molecule has 1 aliphatic heterocycles. The van der Waals surface area contributed by atoms with Gasteiger partial charge in [0.2, 0.25) is 0 Å². The fourth-order valence-electron chi connectivity index (χ4n) is 1.34. The number of nitrogens with one attached hydrogen (secondary N) is 1. The van der Waals surface area contributed by atoms with E-state index < -0.39 is 0 Å². The van der Waals surface area contributed by atoms with Crippen molar-refractivity contribution in [2.45, 2.75) is 0 Å². The maximum atomic E-state index is 5.24. The lowest BCUT2D eigenvalue weighted by molar-refractivity contribution is 0.216. The monoisotopic (exact) mass is 176 g/mol. The van der Waals surface area contributed by atoms with Gasteiger partial charge in [-0.3, -0.25) is 4.98 Å². The second-order valence-corrected chi connectivity index (χ2v) is 2.96. The molecule has 1 N–H and O–H groups in total. The van der Waals surface area contributed by atoms with Gasteiger partial charge in [0.15, 0.2) is 0 Å². The molecule has 0 saturated heterocycles. The van der Waals surface area contributed by atoms with Crippen LogP contribution in [-0.2, 0) is 4.74 Å². The Morgan fingerprint density at radius 1 is 1.46 bits per heavy atom. The van der Waals surface area contributed by atoms with Gasteiger partial charge in [-0.1, -0.05) is 6.08 Å². The molecule has 68 valence electrons. The van der Waals surface area contributed by atoms with E-state index in [2.05, 4.69) is 22.4 Å². The average Bonchev–Trinajstić information content (AvgIpc) is 2.71. The lowest BCUT2D eigenvalue weighted by Gasteiger charge is -2.03. The summed E-state index contributed by atoms with van der Waals surface area (Å²) in [4.78, 5) is 4.14. The molecule has 0 fully saturated rings. The molecule has 0 radical (unpaired) electrons. The molecule has 1 aromatic heterocycles. The second-order valence-electron chi connectivity index (χ2n) is 2.96. The van der Waals surface area contributed by atoms with E-state index >= 15 is 0 Å². The molecule has 3 nitrogen and oxygen atoms in total.